The summed E-state index contributed by atoms with van der Waals surface area (Å²) in [6, 6.07) is 14.3. The Morgan fingerprint density at radius 1 is 1.09 bits per heavy atom. The van der Waals surface area contributed by atoms with Gasteiger partial charge in [0.25, 0.3) is 11.8 Å². The third-order valence-corrected chi connectivity index (χ3v) is 8.52. The van der Waals surface area contributed by atoms with Gasteiger partial charge in [0.2, 0.25) is 0 Å². The molecule has 0 fully saturated rings. The molecule has 3 rings (SSSR count). The molecule has 35 heavy (non-hydrogen) atoms. The van der Waals surface area contributed by atoms with E-state index >= 15 is 0 Å². The molecule has 0 aliphatic carbocycles. The molecule has 8 nitrogen and oxygen atoms in total. The van der Waals surface area contributed by atoms with E-state index in [0.717, 1.165) is 16.9 Å². The predicted molar refractivity (Wildman–Crippen MR) is 142 cm³/mol. The van der Waals surface area contributed by atoms with Crippen molar-refractivity contribution in [2.45, 2.75) is 20.0 Å². The minimum atomic E-state index is -3.41. The summed E-state index contributed by atoms with van der Waals surface area (Å²) in [5.41, 5.74) is 1.92. The standard InChI is InChI=1S/C24H27BrN3O5PS/c1-5-32-34(31,33-6-2)15-20-27-21(16-10-8-7-9-11-16)22(35-20)23(29)26-19-13-12-17(25)14-18(19)24(30)28(3)4/h7-14H,5-6,15H2,1-4H3,(H,26,29). The number of anilines is 1. The highest BCUT2D eigenvalue weighted by atomic mass is 79.9. The van der Waals surface area contributed by atoms with Crippen LogP contribution in [0.2, 0.25) is 0 Å². The van der Waals surface area contributed by atoms with Gasteiger partial charge >= 0.3 is 7.60 Å². The SMILES string of the molecule is CCOP(=O)(Cc1nc(-c2ccccc2)c(C(=O)Nc2ccc(Br)cc2C(=O)N(C)C)s1)OCC. The molecule has 0 atom stereocenters. The molecule has 2 amide bonds. The second-order valence-corrected chi connectivity index (χ2v) is 11.7. The number of carbonyl (C=O) groups is 2. The lowest BCUT2D eigenvalue weighted by atomic mass is 10.1. The van der Waals surface area contributed by atoms with Crippen LogP contribution in [-0.2, 0) is 19.8 Å². The predicted octanol–water partition coefficient (Wildman–Crippen LogP) is 6.29. The first-order valence-electron chi connectivity index (χ1n) is 10.9. The van der Waals surface area contributed by atoms with Crippen molar-refractivity contribution >= 4 is 52.4 Å². The summed E-state index contributed by atoms with van der Waals surface area (Å²) in [4.78, 5) is 32.6. The number of benzene rings is 2. The van der Waals surface area contributed by atoms with Crippen molar-refractivity contribution in [3.8, 4) is 11.3 Å². The van der Waals surface area contributed by atoms with Crippen LogP contribution in [0.25, 0.3) is 11.3 Å². The molecule has 0 saturated heterocycles. The minimum Gasteiger partial charge on any atom is -0.345 e. The van der Waals surface area contributed by atoms with E-state index in [-0.39, 0.29) is 25.3 Å². The van der Waals surface area contributed by atoms with Crippen molar-refractivity contribution in [1.29, 1.82) is 0 Å². The normalized spacial score (nSPS) is 11.3. The van der Waals surface area contributed by atoms with Gasteiger partial charge in [0.15, 0.2) is 0 Å². The molecule has 1 N–H and O–H groups in total. The number of carbonyl (C=O) groups excluding carboxylic acids is 2. The second kappa shape index (κ2) is 12.1. The second-order valence-electron chi connectivity index (χ2n) is 7.60. The maximum atomic E-state index is 13.5. The highest BCUT2D eigenvalue weighted by Gasteiger charge is 2.29. The summed E-state index contributed by atoms with van der Waals surface area (Å²) in [5, 5.41) is 3.32. The Kier molecular flexibility index (Phi) is 9.38. The molecule has 0 unspecified atom stereocenters. The Balaban J connectivity index is 2.02. The van der Waals surface area contributed by atoms with Crippen molar-refractivity contribution in [2.24, 2.45) is 0 Å². The van der Waals surface area contributed by atoms with Crippen LogP contribution in [0.3, 0.4) is 0 Å². The van der Waals surface area contributed by atoms with E-state index in [0.29, 0.717) is 31.3 Å². The Morgan fingerprint density at radius 3 is 2.34 bits per heavy atom. The third-order valence-electron chi connectivity index (χ3n) is 4.77. The van der Waals surface area contributed by atoms with Crippen molar-refractivity contribution in [1.82, 2.24) is 9.88 Å². The summed E-state index contributed by atoms with van der Waals surface area (Å²) >= 11 is 4.51. The van der Waals surface area contributed by atoms with Crippen molar-refractivity contribution in [3.63, 3.8) is 0 Å². The van der Waals surface area contributed by atoms with Gasteiger partial charge in [-0.2, -0.15) is 0 Å². The molecule has 0 spiro atoms. The van der Waals surface area contributed by atoms with Crippen LogP contribution < -0.4 is 5.32 Å². The van der Waals surface area contributed by atoms with Crippen LogP contribution in [0.1, 0.15) is 38.9 Å². The van der Waals surface area contributed by atoms with Crippen molar-refractivity contribution in [2.75, 3.05) is 32.6 Å². The summed E-state index contributed by atoms with van der Waals surface area (Å²) in [5.74, 6) is -0.672. The van der Waals surface area contributed by atoms with Crippen molar-refractivity contribution in [3.05, 3.63) is 68.5 Å². The minimum absolute atomic E-state index is 0.0465. The molecule has 0 radical (unpaired) electrons. The van der Waals surface area contributed by atoms with Crippen LogP contribution in [0.15, 0.2) is 53.0 Å². The first-order valence-corrected chi connectivity index (χ1v) is 14.3. The monoisotopic (exact) mass is 579 g/mol. The maximum Gasteiger partial charge on any atom is 0.337 e. The average Bonchev–Trinajstić information content (AvgIpc) is 3.24. The number of nitrogens with zero attached hydrogens (tertiary/aromatic N) is 2. The van der Waals surface area contributed by atoms with E-state index in [4.69, 9.17) is 9.05 Å². The van der Waals surface area contributed by atoms with E-state index in [1.165, 1.54) is 4.90 Å². The van der Waals surface area contributed by atoms with E-state index in [1.54, 1.807) is 46.1 Å². The van der Waals surface area contributed by atoms with Gasteiger partial charge in [-0.1, -0.05) is 46.3 Å². The van der Waals surface area contributed by atoms with Crippen LogP contribution in [-0.4, -0.2) is 49.0 Å². The molecule has 0 bridgehead atoms. The third kappa shape index (κ3) is 6.86. The van der Waals surface area contributed by atoms with Gasteiger partial charge in [-0.15, -0.1) is 11.3 Å². The number of nitrogens with one attached hydrogen (secondary N) is 1. The fraction of sp³-hybridized carbons (Fsp3) is 0.292. The Bertz CT molecular complexity index is 1240. The fourth-order valence-electron chi connectivity index (χ4n) is 3.29. The molecule has 186 valence electrons. The summed E-state index contributed by atoms with van der Waals surface area (Å²) in [6.07, 6.45) is -0.0465. The molecule has 1 aromatic heterocycles. The number of rotatable bonds is 10. The fourth-order valence-corrected chi connectivity index (χ4v) is 6.60. The first-order chi connectivity index (χ1) is 16.7. The topological polar surface area (TPSA) is 97.8 Å². The molecule has 2 aromatic carbocycles. The highest BCUT2D eigenvalue weighted by Crippen LogP contribution is 2.52. The highest BCUT2D eigenvalue weighted by molar-refractivity contribution is 9.10. The largest absolute Gasteiger partial charge is 0.345 e. The lowest BCUT2D eigenvalue weighted by Crippen LogP contribution is -2.24. The number of amides is 2. The zero-order valence-corrected chi connectivity index (χ0v) is 23.2. The summed E-state index contributed by atoms with van der Waals surface area (Å²) in [7, 11) is -0.121. The number of thiazole rings is 1. The van der Waals surface area contributed by atoms with Gasteiger partial charge in [0.1, 0.15) is 16.0 Å². The first kappa shape index (κ1) is 27.2. The van der Waals surface area contributed by atoms with Crippen LogP contribution in [0.5, 0.6) is 0 Å². The van der Waals surface area contributed by atoms with E-state index in [2.05, 4.69) is 26.2 Å². The zero-order chi connectivity index (χ0) is 25.6. The Hall–Kier alpha value is -2.36. The summed E-state index contributed by atoms with van der Waals surface area (Å²) in [6.45, 7) is 3.95. The molecule has 0 aliphatic heterocycles. The van der Waals surface area contributed by atoms with Gasteiger partial charge in [-0.3, -0.25) is 14.2 Å². The molecule has 11 heteroatoms. The Labute approximate surface area is 217 Å². The Morgan fingerprint density at radius 2 is 1.74 bits per heavy atom. The summed E-state index contributed by atoms with van der Waals surface area (Å²) < 4.78 is 24.6. The van der Waals surface area contributed by atoms with E-state index in [9.17, 15) is 14.2 Å². The van der Waals surface area contributed by atoms with Gasteiger partial charge < -0.3 is 19.3 Å². The number of aromatic nitrogens is 1. The van der Waals surface area contributed by atoms with E-state index in [1.807, 2.05) is 30.3 Å². The zero-order valence-electron chi connectivity index (χ0n) is 19.9. The lowest BCUT2D eigenvalue weighted by Gasteiger charge is -2.15. The number of hydrogen-bond acceptors (Lipinski definition) is 7. The van der Waals surface area contributed by atoms with Crippen molar-refractivity contribution < 1.29 is 23.2 Å². The van der Waals surface area contributed by atoms with Crippen LogP contribution in [0, 0.1) is 0 Å². The van der Waals surface area contributed by atoms with Crippen LogP contribution in [0.4, 0.5) is 5.69 Å². The molecule has 0 saturated carbocycles. The number of halogens is 1. The van der Waals surface area contributed by atoms with Crippen LogP contribution >= 0.6 is 34.9 Å². The molecule has 3 aromatic rings. The van der Waals surface area contributed by atoms with Gasteiger partial charge in [-0.25, -0.2) is 4.98 Å². The average molecular weight is 580 g/mol. The molecule has 0 aliphatic rings. The smallest absolute Gasteiger partial charge is 0.337 e. The molecule has 1 heterocycles. The van der Waals surface area contributed by atoms with E-state index < -0.39 is 13.5 Å². The molecular formula is C24H27BrN3O5PS. The van der Waals surface area contributed by atoms with Gasteiger partial charge in [0, 0.05) is 24.1 Å². The quantitative estimate of drug-likeness (QED) is 0.283. The molecular weight excluding hydrogens is 553 g/mol. The maximum absolute atomic E-state index is 13.5. The van der Waals surface area contributed by atoms with Gasteiger partial charge in [-0.05, 0) is 32.0 Å². The van der Waals surface area contributed by atoms with Gasteiger partial charge in [0.05, 0.1) is 30.2 Å². The lowest BCUT2D eigenvalue weighted by molar-refractivity contribution is 0.0828. The number of hydrogen-bond donors (Lipinski definition) is 1.